The second kappa shape index (κ2) is 7.13. The minimum Gasteiger partial charge on any atom is -0.326 e. The van der Waals surface area contributed by atoms with Crippen molar-refractivity contribution >= 4 is 11.6 Å². The number of hydrogen-bond donors (Lipinski definition) is 1. The minimum absolute atomic E-state index is 0.148. The Kier molecular flexibility index (Phi) is 6.13. The first kappa shape index (κ1) is 15.5. The third-order valence-electron chi connectivity index (χ3n) is 3.22. The van der Waals surface area contributed by atoms with E-state index in [4.69, 9.17) is 17.3 Å². The minimum atomic E-state index is 0.148. The zero-order chi connectivity index (χ0) is 13.7. The standard InChI is InChI=1S/C15H25ClN2/c1-5-14(17)15(18(4)10-11(2)3)12-6-8-13(16)9-7-12/h6-9,11,14-15H,5,10,17H2,1-4H3. The average Bonchev–Trinajstić information content (AvgIpc) is 2.30. The number of halogens is 1. The van der Waals surface area contributed by atoms with Crippen molar-refractivity contribution in [3.05, 3.63) is 34.9 Å². The highest BCUT2D eigenvalue weighted by Gasteiger charge is 2.23. The Balaban J connectivity index is 2.94. The van der Waals surface area contributed by atoms with Crippen molar-refractivity contribution in [3.8, 4) is 0 Å². The lowest BCUT2D eigenvalue weighted by Gasteiger charge is -2.34. The van der Waals surface area contributed by atoms with Crippen LogP contribution >= 0.6 is 11.6 Å². The second-order valence-corrected chi connectivity index (χ2v) is 5.84. The molecule has 0 aromatic heterocycles. The van der Waals surface area contributed by atoms with Gasteiger partial charge in [-0.3, -0.25) is 4.90 Å². The molecule has 0 aliphatic rings. The first-order valence-corrected chi connectivity index (χ1v) is 7.04. The molecule has 18 heavy (non-hydrogen) atoms. The molecule has 0 radical (unpaired) electrons. The molecule has 2 atom stereocenters. The number of nitrogens with zero attached hydrogens (tertiary/aromatic N) is 1. The van der Waals surface area contributed by atoms with Gasteiger partial charge in [-0.05, 0) is 37.1 Å². The van der Waals surface area contributed by atoms with Gasteiger partial charge in [-0.25, -0.2) is 0 Å². The third kappa shape index (κ3) is 4.27. The van der Waals surface area contributed by atoms with Gasteiger partial charge in [0.15, 0.2) is 0 Å². The summed E-state index contributed by atoms with van der Waals surface area (Å²) in [6.07, 6.45) is 0.968. The Morgan fingerprint density at radius 2 is 1.78 bits per heavy atom. The highest BCUT2D eigenvalue weighted by molar-refractivity contribution is 6.30. The van der Waals surface area contributed by atoms with Gasteiger partial charge in [0.05, 0.1) is 0 Å². The van der Waals surface area contributed by atoms with Gasteiger partial charge in [-0.2, -0.15) is 0 Å². The van der Waals surface area contributed by atoms with Gasteiger partial charge >= 0.3 is 0 Å². The van der Waals surface area contributed by atoms with E-state index in [-0.39, 0.29) is 12.1 Å². The molecule has 1 aromatic rings. The number of rotatable bonds is 6. The second-order valence-electron chi connectivity index (χ2n) is 5.40. The average molecular weight is 269 g/mol. The van der Waals surface area contributed by atoms with Crippen LogP contribution in [0.1, 0.15) is 38.8 Å². The van der Waals surface area contributed by atoms with Crippen molar-refractivity contribution in [2.24, 2.45) is 11.7 Å². The van der Waals surface area contributed by atoms with E-state index in [0.29, 0.717) is 5.92 Å². The van der Waals surface area contributed by atoms with Crippen molar-refractivity contribution < 1.29 is 0 Å². The Labute approximate surface area is 116 Å². The SMILES string of the molecule is CCC(N)C(c1ccc(Cl)cc1)N(C)CC(C)C. The molecule has 2 unspecified atom stereocenters. The summed E-state index contributed by atoms with van der Waals surface area (Å²) in [5, 5.41) is 0.772. The molecule has 1 aromatic carbocycles. The fourth-order valence-electron chi connectivity index (χ4n) is 2.40. The van der Waals surface area contributed by atoms with Crippen LogP contribution < -0.4 is 5.73 Å². The largest absolute Gasteiger partial charge is 0.326 e. The van der Waals surface area contributed by atoms with Crippen LogP contribution in [0, 0.1) is 5.92 Å². The molecule has 102 valence electrons. The summed E-state index contributed by atoms with van der Waals surface area (Å²) in [5.74, 6) is 0.633. The highest BCUT2D eigenvalue weighted by atomic mass is 35.5. The summed E-state index contributed by atoms with van der Waals surface area (Å²) in [6, 6.07) is 8.45. The van der Waals surface area contributed by atoms with Gasteiger partial charge in [0.2, 0.25) is 0 Å². The van der Waals surface area contributed by atoms with Crippen LogP contribution in [-0.2, 0) is 0 Å². The number of nitrogens with two attached hydrogens (primary N) is 1. The van der Waals surface area contributed by atoms with Gasteiger partial charge in [0, 0.05) is 23.7 Å². The van der Waals surface area contributed by atoms with Gasteiger partial charge in [-0.1, -0.05) is 44.5 Å². The Morgan fingerprint density at radius 1 is 1.22 bits per heavy atom. The molecule has 0 spiro atoms. The van der Waals surface area contributed by atoms with E-state index in [1.54, 1.807) is 0 Å². The summed E-state index contributed by atoms with van der Waals surface area (Å²) in [7, 11) is 2.15. The fourth-order valence-corrected chi connectivity index (χ4v) is 2.53. The molecule has 0 fully saturated rings. The normalized spacial score (nSPS) is 15.1. The summed E-state index contributed by atoms with van der Waals surface area (Å²) in [4.78, 5) is 2.35. The zero-order valence-corrected chi connectivity index (χ0v) is 12.6. The van der Waals surface area contributed by atoms with E-state index < -0.39 is 0 Å². The zero-order valence-electron chi connectivity index (χ0n) is 11.9. The van der Waals surface area contributed by atoms with Gasteiger partial charge in [-0.15, -0.1) is 0 Å². The first-order chi connectivity index (χ1) is 8.45. The summed E-state index contributed by atoms with van der Waals surface area (Å²) < 4.78 is 0. The van der Waals surface area contributed by atoms with E-state index in [0.717, 1.165) is 18.0 Å². The van der Waals surface area contributed by atoms with E-state index in [1.807, 2.05) is 12.1 Å². The number of benzene rings is 1. The van der Waals surface area contributed by atoms with Crippen molar-refractivity contribution in [1.29, 1.82) is 0 Å². The molecule has 0 heterocycles. The highest BCUT2D eigenvalue weighted by Crippen LogP contribution is 2.25. The molecule has 2 nitrogen and oxygen atoms in total. The van der Waals surface area contributed by atoms with Crippen LogP contribution in [0.4, 0.5) is 0 Å². The molecular weight excluding hydrogens is 244 g/mol. The maximum absolute atomic E-state index is 6.29. The molecule has 2 N–H and O–H groups in total. The molecule has 0 saturated carbocycles. The molecule has 1 rings (SSSR count). The van der Waals surface area contributed by atoms with E-state index in [1.165, 1.54) is 5.56 Å². The van der Waals surface area contributed by atoms with Crippen molar-refractivity contribution in [2.45, 2.75) is 39.3 Å². The van der Waals surface area contributed by atoms with Crippen LogP contribution in [0.3, 0.4) is 0 Å². The molecule has 0 saturated heterocycles. The van der Waals surface area contributed by atoms with Crippen molar-refractivity contribution in [1.82, 2.24) is 4.90 Å². The van der Waals surface area contributed by atoms with Crippen LogP contribution in [0.5, 0.6) is 0 Å². The topological polar surface area (TPSA) is 29.3 Å². The van der Waals surface area contributed by atoms with Crippen LogP contribution in [0.25, 0.3) is 0 Å². The lowest BCUT2D eigenvalue weighted by atomic mass is 9.96. The third-order valence-corrected chi connectivity index (χ3v) is 3.47. The maximum atomic E-state index is 6.29. The lowest BCUT2D eigenvalue weighted by molar-refractivity contribution is 0.189. The van der Waals surface area contributed by atoms with E-state index in [9.17, 15) is 0 Å². The van der Waals surface area contributed by atoms with Crippen LogP contribution in [0.15, 0.2) is 24.3 Å². The van der Waals surface area contributed by atoms with Crippen molar-refractivity contribution in [2.75, 3.05) is 13.6 Å². The van der Waals surface area contributed by atoms with Gasteiger partial charge < -0.3 is 5.73 Å². The van der Waals surface area contributed by atoms with E-state index in [2.05, 4.69) is 44.9 Å². The Hall–Kier alpha value is -0.570. The summed E-state index contributed by atoms with van der Waals surface area (Å²) in [6.45, 7) is 7.64. The molecule has 0 bridgehead atoms. The number of likely N-dealkylation sites (N-methyl/N-ethyl adjacent to an activating group) is 1. The summed E-state index contributed by atoms with van der Waals surface area (Å²) in [5.41, 5.74) is 7.54. The fraction of sp³-hybridized carbons (Fsp3) is 0.600. The first-order valence-electron chi connectivity index (χ1n) is 6.67. The van der Waals surface area contributed by atoms with Crippen molar-refractivity contribution in [3.63, 3.8) is 0 Å². The number of hydrogen-bond acceptors (Lipinski definition) is 2. The van der Waals surface area contributed by atoms with Crippen LogP contribution in [0.2, 0.25) is 5.02 Å². The monoisotopic (exact) mass is 268 g/mol. The predicted octanol–water partition coefficient (Wildman–Crippen LogP) is 3.71. The van der Waals surface area contributed by atoms with Crippen LogP contribution in [-0.4, -0.2) is 24.5 Å². The van der Waals surface area contributed by atoms with Gasteiger partial charge in [0.1, 0.15) is 0 Å². The molecule has 0 amide bonds. The van der Waals surface area contributed by atoms with Gasteiger partial charge in [0.25, 0.3) is 0 Å². The Morgan fingerprint density at radius 3 is 2.22 bits per heavy atom. The Bertz CT molecular complexity index is 348. The molecule has 3 heteroatoms. The molecule has 0 aliphatic heterocycles. The predicted molar refractivity (Wildman–Crippen MR) is 79.9 cm³/mol. The molecular formula is C15H25ClN2. The maximum Gasteiger partial charge on any atom is 0.0496 e. The van der Waals surface area contributed by atoms with E-state index >= 15 is 0 Å². The quantitative estimate of drug-likeness (QED) is 0.852. The molecule has 0 aliphatic carbocycles. The summed E-state index contributed by atoms with van der Waals surface area (Å²) >= 11 is 5.95. The smallest absolute Gasteiger partial charge is 0.0496 e. The lowest BCUT2D eigenvalue weighted by Crippen LogP contribution is -2.40.